The van der Waals surface area contributed by atoms with E-state index < -0.39 is 6.10 Å². The highest BCUT2D eigenvalue weighted by Crippen LogP contribution is 2.29. The molecule has 0 aliphatic rings. The molecular formula is C18H21ClO2. The van der Waals surface area contributed by atoms with Gasteiger partial charge in [0.2, 0.25) is 0 Å². The minimum Gasteiger partial charge on any atom is -0.487 e. The maximum atomic E-state index is 9.55. The number of rotatable bonds is 4. The van der Waals surface area contributed by atoms with E-state index in [1.807, 2.05) is 12.1 Å². The molecule has 0 unspecified atom stereocenters. The summed E-state index contributed by atoms with van der Waals surface area (Å²) < 4.78 is 5.85. The van der Waals surface area contributed by atoms with E-state index in [0.717, 1.165) is 5.56 Å². The number of ether oxygens (including phenoxy) is 1. The summed E-state index contributed by atoms with van der Waals surface area (Å²) in [6.07, 6.45) is -0.530. The summed E-state index contributed by atoms with van der Waals surface area (Å²) in [6, 6.07) is 9.70. The van der Waals surface area contributed by atoms with Crippen LogP contribution in [0.2, 0.25) is 5.02 Å². The molecule has 3 heteroatoms. The molecule has 0 spiro atoms. The number of aliphatic hydroxyl groups excluding tert-OH is 1. The number of aryl methyl sites for hydroxylation is 3. The van der Waals surface area contributed by atoms with Crippen LogP contribution in [0.1, 0.15) is 40.8 Å². The van der Waals surface area contributed by atoms with Gasteiger partial charge in [0.1, 0.15) is 12.4 Å². The van der Waals surface area contributed by atoms with Crippen molar-refractivity contribution in [1.82, 2.24) is 0 Å². The van der Waals surface area contributed by atoms with Crippen molar-refractivity contribution in [3.05, 3.63) is 63.2 Å². The molecule has 0 aromatic heterocycles. The summed E-state index contributed by atoms with van der Waals surface area (Å²) >= 11 is 6.21. The lowest BCUT2D eigenvalue weighted by Crippen LogP contribution is -2.02. The van der Waals surface area contributed by atoms with Crippen molar-refractivity contribution >= 4 is 11.6 Å². The zero-order valence-electron chi connectivity index (χ0n) is 12.9. The third kappa shape index (κ3) is 3.78. The lowest BCUT2D eigenvalue weighted by atomic mass is 10.0. The maximum absolute atomic E-state index is 9.55. The van der Waals surface area contributed by atoms with Crippen LogP contribution in [0.25, 0.3) is 0 Å². The molecule has 0 aliphatic carbocycles. The van der Waals surface area contributed by atoms with Crippen molar-refractivity contribution < 1.29 is 9.84 Å². The van der Waals surface area contributed by atoms with Crippen molar-refractivity contribution in [1.29, 1.82) is 0 Å². The van der Waals surface area contributed by atoms with Crippen molar-refractivity contribution in [2.24, 2.45) is 0 Å². The van der Waals surface area contributed by atoms with Gasteiger partial charge in [-0.2, -0.15) is 0 Å². The zero-order valence-corrected chi connectivity index (χ0v) is 13.7. The van der Waals surface area contributed by atoms with Crippen LogP contribution >= 0.6 is 11.6 Å². The maximum Gasteiger partial charge on any atom is 0.138 e. The number of aliphatic hydroxyl groups is 1. The SMILES string of the molecule is Cc1cc(C)c(COc2ccc([C@@H](C)O)cc2Cl)c(C)c1. The smallest absolute Gasteiger partial charge is 0.138 e. The molecule has 1 N–H and O–H groups in total. The van der Waals surface area contributed by atoms with Gasteiger partial charge in [0.05, 0.1) is 11.1 Å². The second kappa shape index (κ2) is 6.50. The summed E-state index contributed by atoms with van der Waals surface area (Å²) in [4.78, 5) is 0. The number of hydrogen-bond donors (Lipinski definition) is 1. The Morgan fingerprint density at radius 1 is 1.10 bits per heavy atom. The molecule has 0 saturated carbocycles. The highest BCUT2D eigenvalue weighted by atomic mass is 35.5. The normalized spacial score (nSPS) is 12.3. The van der Waals surface area contributed by atoms with Crippen LogP contribution in [0.5, 0.6) is 5.75 Å². The van der Waals surface area contributed by atoms with Gasteiger partial charge in [-0.1, -0.05) is 35.4 Å². The molecule has 0 bridgehead atoms. The first-order chi connectivity index (χ1) is 9.88. The summed E-state index contributed by atoms with van der Waals surface area (Å²) in [6.45, 7) is 8.49. The van der Waals surface area contributed by atoms with Crippen LogP contribution in [0, 0.1) is 20.8 Å². The molecule has 0 aliphatic heterocycles. The van der Waals surface area contributed by atoms with Crippen molar-refractivity contribution in [2.45, 2.75) is 40.4 Å². The third-order valence-electron chi connectivity index (χ3n) is 3.65. The Balaban J connectivity index is 2.17. The molecule has 0 fully saturated rings. The van der Waals surface area contributed by atoms with Gasteiger partial charge in [-0.3, -0.25) is 0 Å². The fourth-order valence-electron chi connectivity index (χ4n) is 2.48. The van der Waals surface area contributed by atoms with E-state index in [-0.39, 0.29) is 0 Å². The fourth-order valence-corrected chi connectivity index (χ4v) is 2.73. The van der Waals surface area contributed by atoms with Crippen LogP contribution in [0.15, 0.2) is 30.3 Å². The molecule has 1 atom stereocenters. The predicted octanol–water partition coefficient (Wildman–Crippen LogP) is 4.90. The van der Waals surface area contributed by atoms with E-state index in [2.05, 4.69) is 32.9 Å². The predicted molar refractivity (Wildman–Crippen MR) is 87.1 cm³/mol. The summed E-state index contributed by atoms with van der Waals surface area (Å²) in [5.74, 6) is 0.639. The zero-order chi connectivity index (χ0) is 15.6. The molecule has 0 radical (unpaired) electrons. The first-order valence-corrected chi connectivity index (χ1v) is 7.43. The minimum atomic E-state index is -0.530. The van der Waals surface area contributed by atoms with Gasteiger partial charge in [0.15, 0.2) is 0 Å². The van der Waals surface area contributed by atoms with E-state index in [9.17, 15) is 5.11 Å². The molecular weight excluding hydrogens is 284 g/mol. The van der Waals surface area contributed by atoms with Gasteiger partial charge in [0, 0.05) is 0 Å². The van der Waals surface area contributed by atoms with Crippen LogP contribution < -0.4 is 4.74 Å². The Morgan fingerprint density at radius 3 is 2.24 bits per heavy atom. The lowest BCUT2D eigenvalue weighted by molar-refractivity contribution is 0.199. The summed E-state index contributed by atoms with van der Waals surface area (Å²) in [5, 5.41) is 10.1. The summed E-state index contributed by atoms with van der Waals surface area (Å²) in [5.41, 5.74) is 5.69. The molecule has 2 nitrogen and oxygen atoms in total. The minimum absolute atomic E-state index is 0.492. The standard InChI is InChI=1S/C18H21ClO2/c1-11-7-12(2)16(13(3)8-11)10-21-18-6-5-15(14(4)20)9-17(18)19/h5-9,14,20H,10H2,1-4H3/t14-/m1/s1. The largest absolute Gasteiger partial charge is 0.487 e. The monoisotopic (exact) mass is 304 g/mol. The Morgan fingerprint density at radius 2 is 1.71 bits per heavy atom. The Hall–Kier alpha value is -1.51. The molecule has 2 aromatic carbocycles. The van der Waals surface area contributed by atoms with Crippen molar-refractivity contribution in [3.63, 3.8) is 0 Å². The second-order valence-electron chi connectivity index (χ2n) is 5.53. The second-order valence-corrected chi connectivity index (χ2v) is 5.94. The average Bonchev–Trinajstić information content (AvgIpc) is 2.38. The van der Waals surface area contributed by atoms with E-state index >= 15 is 0 Å². The van der Waals surface area contributed by atoms with Gasteiger partial charge >= 0.3 is 0 Å². The van der Waals surface area contributed by atoms with E-state index in [4.69, 9.17) is 16.3 Å². The highest BCUT2D eigenvalue weighted by molar-refractivity contribution is 6.32. The van der Waals surface area contributed by atoms with E-state index in [1.165, 1.54) is 22.3 Å². The summed E-state index contributed by atoms with van der Waals surface area (Å²) in [7, 11) is 0. The van der Waals surface area contributed by atoms with Gasteiger partial charge in [-0.25, -0.2) is 0 Å². The van der Waals surface area contributed by atoms with Crippen LogP contribution in [-0.2, 0) is 6.61 Å². The fraction of sp³-hybridized carbons (Fsp3) is 0.333. The number of hydrogen-bond acceptors (Lipinski definition) is 2. The van der Waals surface area contributed by atoms with E-state index in [0.29, 0.717) is 17.4 Å². The van der Waals surface area contributed by atoms with Crippen LogP contribution in [-0.4, -0.2) is 5.11 Å². The first-order valence-electron chi connectivity index (χ1n) is 7.05. The van der Waals surface area contributed by atoms with Gasteiger partial charge in [0.25, 0.3) is 0 Å². The number of halogens is 1. The molecule has 0 saturated heterocycles. The molecule has 21 heavy (non-hydrogen) atoms. The molecule has 112 valence electrons. The first kappa shape index (κ1) is 15.9. The van der Waals surface area contributed by atoms with Crippen LogP contribution in [0.3, 0.4) is 0 Å². The quantitative estimate of drug-likeness (QED) is 0.870. The topological polar surface area (TPSA) is 29.5 Å². The van der Waals surface area contributed by atoms with Gasteiger partial charge in [-0.15, -0.1) is 0 Å². The van der Waals surface area contributed by atoms with Crippen molar-refractivity contribution in [3.8, 4) is 5.75 Å². The lowest BCUT2D eigenvalue weighted by Gasteiger charge is -2.14. The third-order valence-corrected chi connectivity index (χ3v) is 3.95. The molecule has 0 amide bonds. The van der Waals surface area contributed by atoms with Gasteiger partial charge < -0.3 is 9.84 Å². The molecule has 2 aromatic rings. The molecule has 2 rings (SSSR count). The van der Waals surface area contributed by atoms with Gasteiger partial charge in [-0.05, 0) is 62.1 Å². The highest BCUT2D eigenvalue weighted by Gasteiger charge is 2.09. The molecule has 0 heterocycles. The Kier molecular flexibility index (Phi) is 4.92. The van der Waals surface area contributed by atoms with E-state index in [1.54, 1.807) is 13.0 Å². The Labute approximate surface area is 131 Å². The van der Waals surface area contributed by atoms with Crippen LogP contribution in [0.4, 0.5) is 0 Å². The number of benzene rings is 2. The average molecular weight is 305 g/mol. The Bertz CT molecular complexity index is 625. The van der Waals surface area contributed by atoms with Crippen molar-refractivity contribution in [2.75, 3.05) is 0 Å².